The third-order valence-corrected chi connectivity index (χ3v) is 6.90. The van der Waals surface area contributed by atoms with Gasteiger partial charge < -0.3 is 0 Å². The summed E-state index contributed by atoms with van der Waals surface area (Å²) in [5.74, 6) is 0.968. The van der Waals surface area contributed by atoms with E-state index in [1.54, 1.807) is 0 Å². The second-order valence-electron chi connectivity index (χ2n) is 6.03. The van der Waals surface area contributed by atoms with Gasteiger partial charge in [-0.1, -0.05) is 46.0 Å². The maximum Gasteiger partial charge on any atom is 0.155 e. The SMILES string of the molecule is CCCCCCS(=O)(=O)C1(C)CCCC(C)C1. The molecule has 1 aliphatic carbocycles. The van der Waals surface area contributed by atoms with Gasteiger partial charge in [0.1, 0.15) is 0 Å². The zero-order valence-electron chi connectivity index (χ0n) is 11.7. The van der Waals surface area contributed by atoms with Gasteiger partial charge in [-0.2, -0.15) is 0 Å². The second kappa shape index (κ2) is 6.21. The van der Waals surface area contributed by atoms with Gasteiger partial charge in [0.15, 0.2) is 9.84 Å². The van der Waals surface area contributed by atoms with Crippen LogP contribution in [0, 0.1) is 5.92 Å². The van der Waals surface area contributed by atoms with Crippen molar-refractivity contribution in [2.45, 2.75) is 76.9 Å². The van der Waals surface area contributed by atoms with E-state index in [4.69, 9.17) is 0 Å². The molecule has 0 aromatic rings. The maximum atomic E-state index is 12.4. The highest BCUT2D eigenvalue weighted by atomic mass is 32.2. The molecule has 0 radical (unpaired) electrons. The summed E-state index contributed by atoms with van der Waals surface area (Å²) in [5.41, 5.74) is 0. The molecule has 17 heavy (non-hydrogen) atoms. The van der Waals surface area contributed by atoms with Gasteiger partial charge in [-0.3, -0.25) is 0 Å². The molecule has 2 atom stereocenters. The summed E-state index contributed by atoms with van der Waals surface area (Å²) in [7, 11) is -2.90. The minimum Gasteiger partial charge on any atom is -0.228 e. The van der Waals surface area contributed by atoms with Crippen LogP contribution in [0.3, 0.4) is 0 Å². The molecule has 0 amide bonds. The fraction of sp³-hybridized carbons (Fsp3) is 1.00. The molecule has 0 heterocycles. The molecule has 102 valence electrons. The summed E-state index contributed by atoms with van der Waals surface area (Å²) in [6.07, 6.45) is 8.22. The van der Waals surface area contributed by atoms with Crippen molar-refractivity contribution in [3.8, 4) is 0 Å². The molecule has 1 aliphatic rings. The predicted octanol–water partition coefficient (Wildman–Crippen LogP) is 3.95. The van der Waals surface area contributed by atoms with E-state index in [0.29, 0.717) is 11.7 Å². The molecular formula is C14H28O2S. The van der Waals surface area contributed by atoms with E-state index < -0.39 is 14.6 Å². The third-order valence-electron chi connectivity index (χ3n) is 4.20. The Labute approximate surface area is 107 Å². The minimum absolute atomic E-state index is 0.399. The van der Waals surface area contributed by atoms with Crippen molar-refractivity contribution in [1.82, 2.24) is 0 Å². The topological polar surface area (TPSA) is 34.1 Å². The molecule has 1 saturated carbocycles. The summed E-state index contributed by atoms with van der Waals surface area (Å²) >= 11 is 0. The van der Waals surface area contributed by atoms with Gasteiger partial charge >= 0.3 is 0 Å². The highest BCUT2D eigenvalue weighted by Crippen LogP contribution is 2.38. The quantitative estimate of drug-likeness (QED) is 0.678. The number of unbranched alkanes of at least 4 members (excludes halogenated alkanes) is 3. The number of hydrogen-bond donors (Lipinski definition) is 0. The average molecular weight is 260 g/mol. The zero-order chi connectivity index (χ0) is 12.9. The van der Waals surface area contributed by atoms with Crippen molar-refractivity contribution in [3.63, 3.8) is 0 Å². The lowest BCUT2D eigenvalue weighted by Gasteiger charge is -2.36. The van der Waals surface area contributed by atoms with Crippen LogP contribution in [0.5, 0.6) is 0 Å². The lowest BCUT2D eigenvalue weighted by atomic mass is 9.83. The minimum atomic E-state index is -2.90. The van der Waals surface area contributed by atoms with E-state index in [2.05, 4.69) is 13.8 Å². The summed E-state index contributed by atoms with van der Waals surface area (Å²) in [4.78, 5) is 0. The van der Waals surface area contributed by atoms with Crippen molar-refractivity contribution in [2.75, 3.05) is 5.75 Å². The Bertz CT molecular complexity index is 321. The molecule has 2 unspecified atom stereocenters. The van der Waals surface area contributed by atoms with Crippen LogP contribution in [0.15, 0.2) is 0 Å². The summed E-state index contributed by atoms with van der Waals surface area (Å²) in [6, 6.07) is 0. The summed E-state index contributed by atoms with van der Waals surface area (Å²) in [5, 5.41) is 0. The average Bonchev–Trinajstić information content (AvgIpc) is 2.24. The molecule has 0 aliphatic heterocycles. The molecule has 0 aromatic heterocycles. The number of sulfone groups is 1. The van der Waals surface area contributed by atoms with E-state index in [-0.39, 0.29) is 0 Å². The monoisotopic (exact) mass is 260 g/mol. The largest absolute Gasteiger partial charge is 0.228 e. The van der Waals surface area contributed by atoms with E-state index >= 15 is 0 Å². The Morgan fingerprint density at radius 3 is 2.53 bits per heavy atom. The van der Waals surface area contributed by atoms with Crippen LogP contribution in [0.1, 0.15) is 72.1 Å². The van der Waals surface area contributed by atoms with Crippen LogP contribution in [0.2, 0.25) is 0 Å². The Morgan fingerprint density at radius 1 is 1.24 bits per heavy atom. The first-order valence-electron chi connectivity index (χ1n) is 7.13. The Morgan fingerprint density at radius 2 is 1.94 bits per heavy atom. The van der Waals surface area contributed by atoms with E-state index in [0.717, 1.165) is 44.9 Å². The molecule has 0 N–H and O–H groups in total. The van der Waals surface area contributed by atoms with Gasteiger partial charge in [-0.05, 0) is 32.1 Å². The molecule has 0 bridgehead atoms. The van der Waals surface area contributed by atoms with Gasteiger partial charge in [0, 0.05) is 0 Å². The van der Waals surface area contributed by atoms with Crippen molar-refractivity contribution in [1.29, 1.82) is 0 Å². The highest BCUT2D eigenvalue weighted by Gasteiger charge is 2.41. The van der Waals surface area contributed by atoms with Crippen LogP contribution >= 0.6 is 0 Å². The normalized spacial score (nSPS) is 30.4. The first-order valence-corrected chi connectivity index (χ1v) is 8.79. The Kier molecular flexibility index (Phi) is 5.49. The standard InChI is InChI=1S/C14H28O2S/c1-4-5-6-7-11-17(15,16)14(3)10-8-9-13(2)12-14/h13H,4-12H2,1-3H3. The molecule has 2 nitrogen and oxygen atoms in total. The van der Waals surface area contributed by atoms with Crippen molar-refractivity contribution < 1.29 is 8.42 Å². The number of hydrogen-bond acceptors (Lipinski definition) is 2. The smallest absolute Gasteiger partial charge is 0.155 e. The van der Waals surface area contributed by atoms with Crippen LogP contribution in [-0.4, -0.2) is 18.9 Å². The maximum absolute atomic E-state index is 12.4. The fourth-order valence-electron chi connectivity index (χ4n) is 3.01. The van der Waals surface area contributed by atoms with Crippen LogP contribution in [0.4, 0.5) is 0 Å². The van der Waals surface area contributed by atoms with Crippen molar-refractivity contribution in [2.24, 2.45) is 5.92 Å². The summed E-state index contributed by atoms with van der Waals surface area (Å²) < 4.78 is 24.4. The second-order valence-corrected chi connectivity index (χ2v) is 8.65. The van der Waals surface area contributed by atoms with E-state index in [1.165, 1.54) is 6.42 Å². The van der Waals surface area contributed by atoms with Crippen LogP contribution in [0.25, 0.3) is 0 Å². The van der Waals surface area contributed by atoms with Crippen LogP contribution in [-0.2, 0) is 9.84 Å². The molecule has 1 rings (SSSR count). The molecule has 3 heteroatoms. The fourth-order valence-corrected chi connectivity index (χ4v) is 5.08. The lowest BCUT2D eigenvalue weighted by molar-refractivity contribution is 0.314. The van der Waals surface area contributed by atoms with Gasteiger partial charge in [0.05, 0.1) is 10.5 Å². The predicted molar refractivity (Wildman–Crippen MR) is 74.0 cm³/mol. The molecule has 0 spiro atoms. The zero-order valence-corrected chi connectivity index (χ0v) is 12.5. The molecular weight excluding hydrogens is 232 g/mol. The Hall–Kier alpha value is -0.0500. The van der Waals surface area contributed by atoms with E-state index in [9.17, 15) is 8.42 Å². The Balaban J connectivity index is 2.55. The van der Waals surface area contributed by atoms with Gasteiger partial charge in [-0.15, -0.1) is 0 Å². The van der Waals surface area contributed by atoms with Gasteiger partial charge in [0.25, 0.3) is 0 Å². The lowest BCUT2D eigenvalue weighted by Crippen LogP contribution is -2.41. The number of rotatable bonds is 6. The van der Waals surface area contributed by atoms with Crippen LogP contribution < -0.4 is 0 Å². The molecule has 0 saturated heterocycles. The first-order chi connectivity index (χ1) is 7.91. The van der Waals surface area contributed by atoms with Gasteiger partial charge in [-0.25, -0.2) is 8.42 Å². The van der Waals surface area contributed by atoms with E-state index in [1.807, 2.05) is 6.92 Å². The van der Waals surface area contributed by atoms with Gasteiger partial charge in [0.2, 0.25) is 0 Å². The molecule has 1 fully saturated rings. The van der Waals surface area contributed by atoms with Crippen molar-refractivity contribution in [3.05, 3.63) is 0 Å². The third kappa shape index (κ3) is 3.97. The highest BCUT2D eigenvalue weighted by molar-refractivity contribution is 7.92. The first kappa shape index (κ1) is 15.0. The summed E-state index contributed by atoms with van der Waals surface area (Å²) in [6.45, 7) is 6.31. The van der Waals surface area contributed by atoms with Crippen molar-refractivity contribution >= 4 is 9.84 Å². The molecule has 0 aromatic carbocycles.